The summed E-state index contributed by atoms with van der Waals surface area (Å²) in [5, 5.41) is 14.1. The number of alkyl carbamates (subject to hydrolysis) is 1. The van der Waals surface area contributed by atoms with Crippen molar-refractivity contribution in [3.63, 3.8) is 0 Å². The van der Waals surface area contributed by atoms with Gasteiger partial charge in [-0.15, -0.1) is 10.2 Å². The molecule has 7 heteroatoms. The molecule has 1 aromatic heterocycles. The first-order valence-corrected chi connectivity index (χ1v) is 5.01. The monoisotopic (exact) mass is 227 g/mol. The van der Waals surface area contributed by atoms with E-state index in [2.05, 4.69) is 20.7 Å². The Bertz CT molecular complexity index is 368. The lowest BCUT2D eigenvalue weighted by molar-refractivity contribution is 0.0505. The Balaban J connectivity index is 2.52. The summed E-state index contributed by atoms with van der Waals surface area (Å²) in [6, 6.07) is -0.330. The van der Waals surface area contributed by atoms with E-state index in [4.69, 9.17) is 4.74 Å². The fraction of sp³-hybridized carbons (Fsp3) is 0.778. The fourth-order valence-corrected chi connectivity index (χ4v) is 1.02. The lowest BCUT2D eigenvalue weighted by atomic mass is 10.2. The van der Waals surface area contributed by atoms with E-state index < -0.39 is 11.7 Å². The van der Waals surface area contributed by atoms with Gasteiger partial charge in [-0.3, -0.25) is 0 Å². The molecule has 1 unspecified atom stereocenters. The Kier molecular flexibility index (Phi) is 3.46. The molecule has 0 saturated carbocycles. The molecule has 1 rings (SSSR count). The summed E-state index contributed by atoms with van der Waals surface area (Å²) < 4.78 is 5.10. The molecule has 1 amide bonds. The van der Waals surface area contributed by atoms with Crippen molar-refractivity contribution in [2.45, 2.75) is 39.3 Å². The number of nitrogens with one attached hydrogen (secondary N) is 1. The molecule has 0 spiro atoms. The first-order valence-electron chi connectivity index (χ1n) is 5.01. The second-order valence-corrected chi connectivity index (χ2v) is 4.51. The fourth-order valence-electron chi connectivity index (χ4n) is 1.02. The maximum atomic E-state index is 11.4. The van der Waals surface area contributed by atoms with Crippen LogP contribution in [0.1, 0.15) is 39.6 Å². The van der Waals surface area contributed by atoms with Crippen LogP contribution in [-0.2, 0) is 11.8 Å². The summed E-state index contributed by atoms with van der Waals surface area (Å²) in [7, 11) is 1.66. The van der Waals surface area contributed by atoms with E-state index in [-0.39, 0.29) is 6.04 Å². The number of carbonyl (C=O) groups is 1. The van der Waals surface area contributed by atoms with Gasteiger partial charge in [-0.05, 0) is 32.9 Å². The Morgan fingerprint density at radius 1 is 1.50 bits per heavy atom. The highest BCUT2D eigenvalue weighted by atomic mass is 16.6. The zero-order valence-electron chi connectivity index (χ0n) is 10.2. The Morgan fingerprint density at radius 3 is 2.56 bits per heavy atom. The minimum atomic E-state index is -0.514. The lowest BCUT2D eigenvalue weighted by Gasteiger charge is -2.20. The minimum absolute atomic E-state index is 0.330. The second-order valence-electron chi connectivity index (χ2n) is 4.51. The van der Waals surface area contributed by atoms with Crippen molar-refractivity contribution >= 4 is 6.09 Å². The van der Waals surface area contributed by atoms with Crippen molar-refractivity contribution in [2.24, 2.45) is 7.05 Å². The number of ether oxygens (including phenoxy) is 1. The molecule has 1 N–H and O–H groups in total. The highest BCUT2D eigenvalue weighted by Crippen LogP contribution is 2.09. The van der Waals surface area contributed by atoms with E-state index in [1.165, 1.54) is 4.80 Å². The Morgan fingerprint density at radius 2 is 2.12 bits per heavy atom. The van der Waals surface area contributed by atoms with Crippen molar-refractivity contribution < 1.29 is 9.53 Å². The van der Waals surface area contributed by atoms with Crippen LogP contribution in [0, 0.1) is 0 Å². The quantitative estimate of drug-likeness (QED) is 0.808. The standard InChI is InChI=1S/C9H17N5O2/c1-6(7-11-13-14(5)12-7)10-8(15)16-9(2,3)4/h6H,1-5H3,(H,10,15). The average molecular weight is 227 g/mol. The number of aryl methyl sites for hydroxylation is 1. The smallest absolute Gasteiger partial charge is 0.408 e. The van der Waals surface area contributed by atoms with Crippen molar-refractivity contribution in [1.82, 2.24) is 25.5 Å². The third-order valence-electron chi connectivity index (χ3n) is 1.64. The minimum Gasteiger partial charge on any atom is -0.444 e. The van der Waals surface area contributed by atoms with Crippen LogP contribution in [0.15, 0.2) is 0 Å². The number of aromatic nitrogens is 4. The number of hydrogen-bond acceptors (Lipinski definition) is 5. The molecule has 16 heavy (non-hydrogen) atoms. The first-order chi connectivity index (χ1) is 7.28. The van der Waals surface area contributed by atoms with Gasteiger partial charge >= 0.3 is 6.09 Å². The normalized spacial score (nSPS) is 13.3. The molecular weight excluding hydrogens is 210 g/mol. The van der Waals surface area contributed by atoms with E-state index in [0.29, 0.717) is 5.82 Å². The van der Waals surface area contributed by atoms with Crippen LogP contribution < -0.4 is 5.32 Å². The molecule has 0 aliphatic carbocycles. The molecule has 1 aromatic rings. The highest BCUT2D eigenvalue weighted by molar-refractivity contribution is 5.68. The third kappa shape index (κ3) is 3.84. The molecular formula is C9H17N5O2. The molecule has 90 valence electrons. The molecule has 0 fully saturated rings. The van der Waals surface area contributed by atoms with E-state index >= 15 is 0 Å². The topological polar surface area (TPSA) is 81.9 Å². The van der Waals surface area contributed by atoms with Crippen LogP contribution in [-0.4, -0.2) is 31.9 Å². The predicted octanol–water partition coefficient (Wildman–Crippen LogP) is 0.796. The number of amides is 1. The summed E-state index contributed by atoms with van der Waals surface area (Å²) >= 11 is 0. The van der Waals surface area contributed by atoms with Crippen LogP contribution in [0.4, 0.5) is 4.79 Å². The molecule has 0 aliphatic heterocycles. The van der Waals surface area contributed by atoms with Crippen LogP contribution >= 0.6 is 0 Å². The van der Waals surface area contributed by atoms with E-state index in [1.807, 2.05) is 0 Å². The van der Waals surface area contributed by atoms with Gasteiger partial charge in [0.2, 0.25) is 0 Å². The largest absolute Gasteiger partial charge is 0.444 e. The van der Waals surface area contributed by atoms with E-state index in [9.17, 15) is 4.79 Å². The Hall–Kier alpha value is -1.66. The Labute approximate surface area is 94.2 Å². The zero-order valence-corrected chi connectivity index (χ0v) is 10.2. The molecule has 0 aromatic carbocycles. The zero-order chi connectivity index (χ0) is 12.3. The van der Waals surface area contributed by atoms with Crippen molar-refractivity contribution in [2.75, 3.05) is 0 Å². The van der Waals surface area contributed by atoms with Crippen molar-refractivity contribution in [3.05, 3.63) is 5.82 Å². The van der Waals surface area contributed by atoms with E-state index in [1.54, 1.807) is 34.7 Å². The maximum absolute atomic E-state index is 11.4. The van der Waals surface area contributed by atoms with Gasteiger partial charge in [0, 0.05) is 0 Å². The lowest BCUT2D eigenvalue weighted by Crippen LogP contribution is -2.34. The molecule has 0 radical (unpaired) electrons. The predicted molar refractivity (Wildman–Crippen MR) is 56.6 cm³/mol. The van der Waals surface area contributed by atoms with Crippen LogP contribution in [0.25, 0.3) is 0 Å². The molecule has 0 aliphatic rings. The number of rotatable bonds is 2. The van der Waals surface area contributed by atoms with Crippen LogP contribution in [0.2, 0.25) is 0 Å². The highest BCUT2D eigenvalue weighted by Gasteiger charge is 2.20. The summed E-state index contributed by atoms with van der Waals surface area (Å²) in [5.41, 5.74) is -0.514. The number of tetrazole rings is 1. The summed E-state index contributed by atoms with van der Waals surface area (Å²) in [6.45, 7) is 7.17. The van der Waals surface area contributed by atoms with Gasteiger partial charge in [0.05, 0.1) is 13.1 Å². The second kappa shape index (κ2) is 4.46. The molecule has 1 atom stereocenters. The summed E-state index contributed by atoms with van der Waals surface area (Å²) in [5.74, 6) is 0.452. The molecule has 0 saturated heterocycles. The average Bonchev–Trinajstić information content (AvgIpc) is 2.47. The summed E-state index contributed by atoms with van der Waals surface area (Å²) in [4.78, 5) is 12.8. The number of hydrogen-bond donors (Lipinski definition) is 1. The van der Waals surface area contributed by atoms with Crippen LogP contribution in [0.3, 0.4) is 0 Å². The van der Waals surface area contributed by atoms with Gasteiger partial charge in [0.1, 0.15) is 5.60 Å². The van der Waals surface area contributed by atoms with Gasteiger partial charge in [-0.2, -0.15) is 4.80 Å². The third-order valence-corrected chi connectivity index (χ3v) is 1.64. The molecule has 7 nitrogen and oxygen atoms in total. The number of nitrogens with zero attached hydrogens (tertiary/aromatic N) is 4. The van der Waals surface area contributed by atoms with Gasteiger partial charge in [-0.1, -0.05) is 0 Å². The van der Waals surface area contributed by atoms with Gasteiger partial charge in [0.15, 0.2) is 5.82 Å². The van der Waals surface area contributed by atoms with E-state index in [0.717, 1.165) is 0 Å². The van der Waals surface area contributed by atoms with Crippen molar-refractivity contribution in [1.29, 1.82) is 0 Å². The maximum Gasteiger partial charge on any atom is 0.408 e. The van der Waals surface area contributed by atoms with Gasteiger partial charge < -0.3 is 10.1 Å². The SMILES string of the molecule is CC(NC(=O)OC(C)(C)C)c1nnn(C)n1. The summed E-state index contributed by atoms with van der Waals surface area (Å²) in [6.07, 6.45) is -0.493. The van der Waals surface area contributed by atoms with Crippen molar-refractivity contribution in [3.8, 4) is 0 Å². The molecule has 0 bridgehead atoms. The van der Waals surface area contributed by atoms with Gasteiger partial charge in [-0.25, -0.2) is 4.79 Å². The van der Waals surface area contributed by atoms with Gasteiger partial charge in [0.25, 0.3) is 0 Å². The molecule has 1 heterocycles. The first kappa shape index (κ1) is 12.4. The number of carbonyl (C=O) groups excluding carboxylic acids is 1. The van der Waals surface area contributed by atoms with Crippen LogP contribution in [0.5, 0.6) is 0 Å².